The van der Waals surface area contributed by atoms with Gasteiger partial charge in [0.2, 0.25) is 5.89 Å². The van der Waals surface area contributed by atoms with E-state index < -0.39 is 11.8 Å². The van der Waals surface area contributed by atoms with Crippen LogP contribution >= 0.6 is 0 Å². The Morgan fingerprint density at radius 1 is 1.17 bits per heavy atom. The predicted molar refractivity (Wildman–Crippen MR) is 107 cm³/mol. The molecule has 29 heavy (non-hydrogen) atoms. The number of unbranched alkanes of at least 4 members (excludes halogenated alkanes) is 1. The van der Waals surface area contributed by atoms with E-state index in [0.29, 0.717) is 19.1 Å². The number of ether oxygens (including phenoxy) is 4. The third-order valence-electron chi connectivity index (χ3n) is 5.25. The molecule has 1 aliphatic heterocycles. The van der Waals surface area contributed by atoms with Gasteiger partial charge in [-0.25, -0.2) is 9.78 Å². The molecule has 158 valence electrons. The molecule has 7 heteroatoms. The number of carbonyl (C=O) groups is 1. The first-order valence-electron chi connectivity index (χ1n) is 9.92. The highest BCUT2D eigenvalue weighted by atomic mass is 16.7. The van der Waals surface area contributed by atoms with E-state index in [-0.39, 0.29) is 5.92 Å². The molecule has 0 unspecified atom stereocenters. The quantitative estimate of drug-likeness (QED) is 0.488. The lowest BCUT2D eigenvalue weighted by Crippen LogP contribution is -2.48. The minimum absolute atomic E-state index is 0.279. The van der Waals surface area contributed by atoms with E-state index in [2.05, 4.69) is 4.98 Å². The van der Waals surface area contributed by atoms with Crippen LogP contribution < -0.4 is 4.74 Å². The molecule has 1 saturated heterocycles. The molecule has 0 radical (unpaired) electrons. The first kappa shape index (κ1) is 21.3. The lowest BCUT2D eigenvalue weighted by atomic mass is 10.0. The molecule has 7 nitrogen and oxygen atoms in total. The number of oxazole rings is 1. The zero-order valence-corrected chi connectivity index (χ0v) is 17.5. The summed E-state index contributed by atoms with van der Waals surface area (Å²) in [6.45, 7) is 4.54. The van der Waals surface area contributed by atoms with Gasteiger partial charge in [-0.05, 0) is 50.5 Å². The summed E-state index contributed by atoms with van der Waals surface area (Å²) in [6, 6.07) is 7.68. The second kappa shape index (κ2) is 9.41. The Morgan fingerprint density at radius 3 is 2.48 bits per heavy atom. The molecule has 0 bridgehead atoms. The second-order valence-corrected chi connectivity index (χ2v) is 7.42. The number of hydrogen-bond donors (Lipinski definition) is 0. The second-order valence-electron chi connectivity index (χ2n) is 7.42. The summed E-state index contributed by atoms with van der Waals surface area (Å²) in [5.41, 5.74) is 1.93. The van der Waals surface area contributed by atoms with Gasteiger partial charge in [-0.1, -0.05) is 6.42 Å². The Hall–Kier alpha value is -2.38. The van der Waals surface area contributed by atoms with Crippen LogP contribution in [-0.4, -0.2) is 44.2 Å². The van der Waals surface area contributed by atoms with Gasteiger partial charge in [-0.15, -0.1) is 0 Å². The van der Waals surface area contributed by atoms with Crippen molar-refractivity contribution < 1.29 is 28.2 Å². The molecular weight excluding hydrogens is 374 g/mol. The van der Waals surface area contributed by atoms with Gasteiger partial charge >= 0.3 is 5.97 Å². The van der Waals surface area contributed by atoms with Gasteiger partial charge in [0.15, 0.2) is 0 Å². The summed E-state index contributed by atoms with van der Waals surface area (Å²) in [4.78, 5) is 16.3. The summed E-state index contributed by atoms with van der Waals surface area (Å²) in [5, 5.41) is 0. The number of benzene rings is 1. The van der Waals surface area contributed by atoms with E-state index in [1.807, 2.05) is 31.2 Å². The summed E-state index contributed by atoms with van der Waals surface area (Å²) in [6.07, 6.45) is 3.86. The summed E-state index contributed by atoms with van der Waals surface area (Å²) >= 11 is 0. The first-order chi connectivity index (χ1) is 13.9. The van der Waals surface area contributed by atoms with Gasteiger partial charge < -0.3 is 23.4 Å². The molecule has 0 aliphatic carbocycles. The van der Waals surface area contributed by atoms with Crippen molar-refractivity contribution in [3.8, 4) is 17.2 Å². The van der Waals surface area contributed by atoms with E-state index in [1.54, 1.807) is 14.0 Å². The predicted octanol–water partition coefficient (Wildman–Crippen LogP) is 3.92. The fraction of sp³-hybridized carbons (Fsp3) is 0.545. The monoisotopic (exact) mass is 403 g/mol. The third-order valence-corrected chi connectivity index (χ3v) is 5.25. The molecule has 2 heterocycles. The van der Waals surface area contributed by atoms with Crippen LogP contribution in [0.5, 0.6) is 5.75 Å². The molecule has 0 N–H and O–H groups in total. The number of rotatable bonds is 8. The van der Waals surface area contributed by atoms with E-state index in [9.17, 15) is 4.79 Å². The van der Waals surface area contributed by atoms with Crippen LogP contribution in [0.2, 0.25) is 0 Å². The van der Waals surface area contributed by atoms with Gasteiger partial charge in [0.05, 0.1) is 33.1 Å². The largest absolute Gasteiger partial charge is 0.497 e. The number of aromatic nitrogens is 1. The Bertz CT molecular complexity index is 805. The smallest absolute Gasteiger partial charge is 0.366 e. The van der Waals surface area contributed by atoms with E-state index in [4.69, 9.17) is 23.4 Å². The molecule has 0 saturated carbocycles. The Kier molecular flexibility index (Phi) is 6.92. The normalized spacial score (nSPS) is 21.7. The average molecular weight is 403 g/mol. The van der Waals surface area contributed by atoms with E-state index in [1.165, 1.54) is 7.11 Å². The minimum Gasteiger partial charge on any atom is -0.497 e. The van der Waals surface area contributed by atoms with Crippen LogP contribution in [0.15, 0.2) is 28.7 Å². The molecule has 3 rings (SSSR count). The van der Waals surface area contributed by atoms with Crippen molar-refractivity contribution in [1.82, 2.24) is 4.98 Å². The van der Waals surface area contributed by atoms with Crippen LogP contribution in [0.1, 0.15) is 37.6 Å². The Balaban J connectivity index is 1.44. The van der Waals surface area contributed by atoms with E-state index >= 15 is 0 Å². The molecule has 0 amide bonds. The molecule has 1 aromatic heterocycles. The van der Waals surface area contributed by atoms with Gasteiger partial charge in [-0.3, -0.25) is 0 Å². The van der Waals surface area contributed by atoms with Crippen molar-refractivity contribution in [3.05, 3.63) is 35.7 Å². The van der Waals surface area contributed by atoms with Gasteiger partial charge in [-0.2, -0.15) is 0 Å². The standard InChI is InChI=1S/C22H29NO6/c1-15-19(23-20(29-15)17-9-11-18(25-3)12-10-17)8-6-5-7-16-13-27-22(2,28-14-16)21(24)26-4/h9-12,16H,5-8,13-14H2,1-4H3/t16-,22+. The van der Waals surface area contributed by atoms with Crippen LogP contribution in [-0.2, 0) is 25.4 Å². The third kappa shape index (κ3) is 5.16. The maximum atomic E-state index is 11.7. The topological polar surface area (TPSA) is 80.0 Å². The van der Waals surface area contributed by atoms with Crippen molar-refractivity contribution in [2.45, 2.75) is 45.3 Å². The summed E-state index contributed by atoms with van der Waals surface area (Å²) in [5.74, 6) is 0.803. The van der Waals surface area contributed by atoms with Crippen LogP contribution in [0.3, 0.4) is 0 Å². The number of aryl methyl sites for hydroxylation is 2. The highest BCUT2D eigenvalue weighted by Gasteiger charge is 2.41. The van der Waals surface area contributed by atoms with Crippen molar-refractivity contribution in [3.63, 3.8) is 0 Å². The van der Waals surface area contributed by atoms with E-state index in [0.717, 1.165) is 48.5 Å². The number of methoxy groups -OCH3 is 2. The molecule has 1 fully saturated rings. The zero-order chi connectivity index (χ0) is 20.9. The molecule has 1 aromatic carbocycles. The molecular formula is C22H29NO6. The number of hydrogen-bond acceptors (Lipinski definition) is 7. The Morgan fingerprint density at radius 2 is 1.86 bits per heavy atom. The van der Waals surface area contributed by atoms with Crippen molar-refractivity contribution in [1.29, 1.82) is 0 Å². The lowest BCUT2D eigenvalue weighted by molar-refractivity contribution is -0.272. The van der Waals surface area contributed by atoms with Crippen molar-refractivity contribution in [2.24, 2.45) is 5.92 Å². The van der Waals surface area contributed by atoms with Crippen molar-refractivity contribution in [2.75, 3.05) is 27.4 Å². The van der Waals surface area contributed by atoms with Crippen LogP contribution in [0, 0.1) is 12.8 Å². The van der Waals surface area contributed by atoms with Crippen molar-refractivity contribution >= 4 is 5.97 Å². The van der Waals surface area contributed by atoms with Crippen LogP contribution in [0.25, 0.3) is 11.5 Å². The zero-order valence-electron chi connectivity index (χ0n) is 17.5. The summed E-state index contributed by atoms with van der Waals surface area (Å²) in [7, 11) is 2.98. The lowest BCUT2D eigenvalue weighted by Gasteiger charge is -2.35. The van der Waals surface area contributed by atoms with Gasteiger partial charge in [0.25, 0.3) is 5.79 Å². The van der Waals surface area contributed by atoms with Crippen LogP contribution in [0.4, 0.5) is 0 Å². The fourth-order valence-electron chi connectivity index (χ4n) is 3.36. The fourth-order valence-corrected chi connectivity index (χ4v) is 3.36. The summed E-state index contributed by atoms with van der Waals surface area (Å²) < 4.78 is 27.0. The number of nitrogens with zero attached hydrogens (tertiary/aromatic N) is 1. The van der Waals surface area contributed by atoms with Gasteiger partial charge in [0.1, 0.15) is 11.5 Å². The highest BCUT2D eigenvalue weighted by Crippen LogP contribution is 2.27. The first-order valence-corrected chi connectivity index (χ1v) is 9.92. The minimum atomic E-state index is -1.28. The average Bonchev–Trinajstić information content (AvgIpc) is 3.12. The SMILES string of the molecule is COc1ccc(-c2nc(CCCC[C@H]3CO[C@@](C)(C(=O)OC)OC3)c(C)o2)cc1. The van der Waals surface area contributed by atoms with Gasteiger partial charge in [0, 0.05) is 18.4 Å². The number of carbonyl (C=O) groups excluding carboxylic acids is 1. The molecule has 1 aliphatic rings. The number of esters is 1. The molecule has 0 spiro atoms. The highest BCUT2D eigenvalue weighted by molar-refractivity contribution is 5.77. The maximum absolute atomic E-state index is 11.7. The molecule has 2 aromatic rings. The maximum Gasteiger partial charge on any atom is 0.366 e. The molecule has 0 atom stereocenters. The Labute approximate surface area is 171 Å².